The summed E-state index contributed by atoms with van der Waals surface area (Å²) in [6.45, 7) is 5.93. The van der Waals surface area contributed by atoms with Gasteiger partial charge in [-0.2, -0.15) is 5.10 Å². The number of phenols is 1. The van der Waals surface area contributed by atoms with Gasteiger partial charge in [-0.05, 0) is 60.4 Å². The Balaban J connectivity index is 1.90. The predicted molar refractivity (Wildman–Crippen MR) is 101 cm³/mol. The molecule has 0 fully saturated rings. The molecule has 0 heterocycles. The number of hydrogen-bond donors (Lipinski definition) is 2. The molecule has 2 N–H and O–H groups in total. The first-order valence-corrected chi connectivity index (χ1v) is 8.10. The summed E-state index contributed by atoms with van der Waals surface area (Å²) in [5, 5.41) is 15.9. The Morgan fingerprint density at radius 2 is 1.76 bits per heavy atom. The van der Waals surface area contributed by atoms with Crippen molar-refractivity contribution in [2.45, 2.75) is 20.8 Å². The number of nitrogens with zero attached hydrogens (tertiary/aromatic N) is 1. The molecule has 25 heavy (non-hydrogen) atoms. The fraction of sp³-hybridized carbons (Fsp3) is 0.143. The summed E-state index contributed by atoms with van der Waals surface area (Å²) in [7, 11) is 0. The lowest BCUT2D eigenvalue weighted by Crippen LogP contribution is -2.20. The molecule has 0 aliphatic rings. The standard InChI is InChI=1S/C21H20N2O2/c1-13-8-9-17(12-14(13)2)15(3)22-23-21(25)20-18-7-5-4-6-16(18)10-11-19(20)24/h4-12,24H,1-3H3,(H,23,25)/b22-15-. The van der Waals surface area contributed by atoms with Gasteiger partial charge in [-0.3, -0.25) is 4.79 Å². The van der Waals surface area contributed by atoms with E-state index in [4.69, 9.17) is 0 Å². The van der Waals surface area contributed by atoms with Gasteiger partial charge in [-0.25, -0.2) is 5.43 Å². The van der Waals surface area contributed by atoms with Crippen LogP contribution in [-0.2, 0) is 0 Å². The number of fused-ring (bicyclic) bond motifs is 1. The van der Waals surface area contributed by atoms with Crippen molar-refractivity contribution in [2.24, 2.45) is 5.10 Å². The second-order valence-electron chi connectivity index (χ2n) is 6.12. The van der Waals surface area contributed by atoms with Gasteiger partial charge in [0.05, 0.1) is 11.3 Å². The minimum atomic E-state index is -0.433. The maximum absolute atomic E-state index is 12.6. The highest BCUT2D eigenvalue weighted by Crippen LogP contribution is 2.26. The second-order valence-corrected chi connectivity index (χ2v) is 6.12. The third kappa shape index (κ3) is 3.38. The predicted octanol–water partition coefficient (Wildman–Crippen LogP) is 4.32. The number of aromatic hydroxyl groups is 1. The van der Waals surface area contributed by atoms with Crippen molar-refractivity contribution in [2.75, 3.05) is 0 Å². The highest BCUT2D eigenvalue weighted by molar-refractivity contribution is 6.10. The van der Waals surface area contributed by atoms with E-state index in [0.29, 0.717) is 11.1 Å². The van der Waals surface area contributed by atoms with Crippen LogP contribution in [0.1, 0.15) is 34.0 Å². The van der Waals surface area contributed by atoms with Crippen LogP contribution in [0, 0.1) is 13.8 Å². The van der Waals surface area contributed by atoms with Crippen LogP contribution in [-0.4, -0.2) is 16.7 Å². The largest absolute Gasteiger partial charge is 0.507 e. The molecular formula is C21H20N2O2. The van der Waals surface area contributed by atoms with Crippen molar-refractivity contribution < 1.29 is 9.90 Å². The van der Waals surface area contributed by atoms with Gasteiger partial charge in [0.2, 0.25) is 0 Å². The summed E-state index contributed by atoms with van der Waals surface area (Å²) in [6, 6.07) is 16.8. The van der Waals surface area contributed by atoms with Crippen LogP contribution in [0.15, 0.2) is 59.7 Å². The fourth-order valence-corrected chi connectivity index (χ4v) is 2.72. The molecule has 0 bridgehead atoms. The highest BCUT2D eigenvalue weighted by Gasteiger charge is 2.15. The molecule has 4 nitrogen and oxygen atoms in total. The Labute approximate surface area is 146 Å². The van der Waals surface area contributed by atoms with Crippen LogP contribution >= 0.6 is 0 Å². The minimum Gasteiger partial charge on any atom is -0.507 e. The van der Waals surface area contributed by atoms with Crippen LogP contribution in [0.5, 0.6) is 5.75 Å². The number of rotatable bonds is 3. The highest BCUT2D eigenvalue weighted by atomic mass is 16.3. The van der Waals surface area contributed by atoms with E-state index in [1.54, 1.807) is 6.07 Å². The molecule has 0 atom stereocenters. The molecule has 0 aliphatic carbocycles. The molecule has 3 rings (SSSR count). The number of nitrogens with one attached hydrogen (secondary N) is 1. The lowest BCUT2D eigenvalue weighted by Gasteiger charge is -2.09. The van der Waals surface area contributed by atoms with E-state index >= 15 is 0 Å². The van der Waals surface area contributed by atoms with E-state index in [1.807, 2.05) is 56.3 Å². The lowest BCUT2D eigenvalue weighted by atomic mass is 10.0. The quantitative estimate of drug-likeness (QED) is 0.554. The molecule has 3 aromatic rings. The zero-order valence-electron chi connectivity index (χ0n) is 14.5. The minimum absolute atomic E-state index is 0.0600. The normalized spacial score (nSPS) is 11.6. The van der Waals surface area contributed by atoms with Crippen LogP contribution in [0.25, 0.3) is 10.8 Å². The molecule has 0 saturated heterocycles. The number of aryl methyl sites for hydroxylation is 2. The number of hydrazone groups is 1. The molecule has 0 radical (unpaired) electrons. The zero-order valence-corrected chi connectivity index (χ0v) is 14.5. The average molecular weight is 332 g/mol. The van der Waals surface area contributed by atoms with Crippen molar-refractivity contribution in [1.29, 1.82) is 0 Å². The summed E-state index contributed by atoms with van der Waals surface area (Å²) < 4.78 is 0. The molecule has 0 aliphatic heterocycles. The van der Waals surface area contributed by atoms with Gasteiger partial charge in [0.1, 0.15) is 5.75 Å². The molecule has 4 heteroatoms. The monoisotopic (exact) mass is 332 g/mol. The van der Waals surface area contributed by atoms with E-state index < -0.39 is 5.91 Å². The summed E-state index contributed by atoms with van der Waals surface area (Å²) in [4.78, 5) is 12.6. The maximum atomic E-state index is 12.6. The molecule has 126 valence electrons. The number of carbonyl (C=O) groups is 1. The van der Waals surface area contributed by atoms with E-state index in [0.717, 1.165) is 10.9 Å². The molecule has 3 aromatic carbocycles. The molecule has 0 unspecified atom stereocenters. The molecule has 0 spiro atoms. The fourth-order valence-electron chi connectivity index (χ4n) is 2.72. The zero-order chi connectivity index (χ0) is 18.0. The Bertz CT molecular complexity index is 990. The Hall–Kier alpha value is -3.14. The molecule has 0 saturated carbocycles. The summed E-state index contributed by atoms with van der Waals surface area (Å²) in [5.41, 5.74) is 6.82. The van der Waals surface area contributed by atoms with Crippen molar-refractivity contribution in [3.05, 3.63) is 76.9 Å². The van der Waals surface area contributed by atoms with E-state index in [-0.39, 0.29) is 11.3 Å². The van der Waals surface area contributed by atoms with Gasteiger partial charge in [-0.15, -0.1) is 0 Å². The van der Waals surface area contributed by atoms with Gasteiger partial charge in [0.15, 0.2) is 0 Å². The first-order valence-electron chi connectivity index (χ1n) is 8.10. The van der Waals surface area contributed by atoms with Crippen LogP contribution in [0.4, 0.5) is 0 Å². The first kappa shape index (κ1) is 16.7. The van der Waals surface area contributed by atoms with Gasteiger partial charge in [0.25, 0.3) is 5.91 Å². The van der Waals surface area contributed by atoms with Crippen molar-refractivity contribution in [3.8, 4) is 5.75 Å². The lowest BCUT2D eigenvalue weighted by molar-refractivity contribution is 0.0954. The third-order valence-corrected chi connectivity index (χ3v) is 4.38. The van der Waals surface area contributed by atoms with E-state index in [1.165, 1.54) is 17.2 Å². The number of hydrogen-bond acceptors (Lipinski definition) is 3. The van der Waals surface area contributed by atoms with Crippen molar-refractivity contribution in [1.82, 2.24) is 5.43 Å². The summed E-state index contributed by atoms with van der Waals surface area (Å²) >= 11 is 0. The number of phenolic OH excluding ortho intramolecular Hbond substituents is 1. The molecule has 0 aromatic heterocycles. The summed E-state index contributed by atoms with van der Waals surface area (Å²) in [6.07, 6.45) is 0. The average Bonchev–Trinajstić information content (AvgIpc) is 2.61. The Morgan fingerprint density at radius 1 is 1.00 bits per heavy atom. The molecular weight excluding hydrogens is 312 g/mol. The SMILES string of the molecule is C/C(=N/NC(=O)c1c(O)ccc2ccccc12)c1ccc(C)c(C)c1. The van der Waals surface area contributed by atoms with Gasteiger partial charge >= 0.3 is 0 Å². The smallest absolute Gasteiger partial charge is 0.275 e. The van der Waals surface area contributed by atoms with Crippen molar-refractivity contribution in [3.63, 3.8) is 0 Å². The van der Waals surface area contributed by atoms with E-state index in [9.17, 15) is 9.90 Å². The first-order chi connectivity index (χ1) is 12.0. The van der Waals surface area contributed by atoms with Gasteiger partial charge in [-0.1, -0.05) is 42.5 Å². The molecule has 1 amide bonds. The van der Waals surface area contributed by atoms with Crippen LogP contribution < -0.4 is 5.43 Å². The Morgan fingerprint density at radius 3 is 2.52 bits per heavy atom. The van der Waals surface area contributed by atoms with Gasteiger partial charge < -0.3 is 5.11 Å². The third-order valence-electron chi connectivity index (χ3n) is 4.38. The second kappa shape index (κ2) is 6.77. The van der Waals surface area contributed by atoms with Crippen LogP contribution in [0.2, 0.25) is 0 Å². The Kier molecular flexibility index (Phi) is 4.52. The topological polar surface area (TPSA) is 61.7 Å². The summed E-state index contributed by atoms with van der Waals surface area (Å²) in [5.74, 6) is -0.493. The number of carbonyl (C=O) groups excluding carboxylic acids is 1. The van der Waals surface area contributed by atoms with Crippen LogP contribution in [0.3, 0.4) is 0 Å². The van der Waals surface area contributed by atoms with Crippen molar-refractivity contribution >= 4 is 22.4 Å². The van der Waals surface area contributed by atoms with Gasteiger partial charge in [0, 0.05) is 0 Å². The maximum Gasteiger partial charge on any atom is 0.275 e. The van der Waals surface area contributed by atoms with E-state index in [2.05, 4.69) is 17.5 Å². The number of amides is 1. The number of benzene rings is 3.